The van der Waals surface area contributed by atoms with E-state index in [0.717, 1.165) is 39.9 Å². The summed E-state index contributed by atoms with van der Waals surface area (Å²) in [5.41, 5.74) is 6.89. The molecule has 0 spiro atoms. The molecular weight excluding hydrogens is 1870 g/mol. The summed E-state index contributed by atoms with van der Waals surface area (Å²) in [6.45, 7) is 11.1. The van der Waals surface area contributed by atoms with Crippen molar-refractivity contribution in [1.29, 1.82) is 0 Å². The number of aromatic nitrogens is 8. The average molecular weight is 1980 g/mol. The first kappa shape index (κ1) is 98.5. The van der Waals surface area contributed by atoms with Gasteiger partial charge < -0.3 is 0 Å². The van der Waals surface area contributed by atoms with Crippen LogP contribution in [0.4, 0.5) is 0 Å². The monoisotopic (exact) mass is 1980 g/mol. The third kappa shape index (κ3) is 31.3. The number of rotatable bonds is 25. The molecular formula is C114H111ClN8P4PdSn. The molecule has 0 aliphatic heterocycles. The molecule has 15 heteroatoms. The van der Waals surface area contributed by atoms with E-state index in [1.807, 2.05) is 73.7 Å². The van der Waals surface area contributed by atoms with E-state index < -0.39 is 50.1 Å². The van der Waals surface area contributed by atoms with Gasteiger partial charge in [-0.1, -0.05) is 394 Å². The normalized spacial score (nSPS) is 10.6. The Bertz CT molecular complexity index is 5160. The van der Waals surface area contributed by atoms with Crippen LogP contribution in [0.2, 0.25) is 18.5 Å². The van der Waals surface area contributed by atoms with Crippen LogP contribution in [0.5, 0.6) is 0 Å². The molecule has 0 N–H and O–H groups in total. The van der Waals surface area contributed by atoms with E-state index in [1.54, 1.807) is 28.2 Å². The molecule has 129 heavy (non-hydrogen) atoms. The molecule has 0 bridgehead atoms. The number of benzene rings is 12. The van der Waals surface area contributed by atoms with Crippen LogP contribution in [0.1, 0.15) is 70.7 Å². The Kier molecular flexibility index (Phi) is 42.5. The van der Waals surface area contributed by atoms with Gasteiger partial charge in [0.25, 0.3) is 0 Å². The van der Waals surface area contributed by atoms with Gasteiger partial charge in [-0.05, 0) is 163 Å². The van der Waals surface area contributed by atoms with Gasteiger partial charge in [0.15, 0.2) is 5.15 Å². The van der Waals surface area contributed by atoms with Gasteiger partial charge >= 0.3 is 130 Å². The van der Waals surface area contributed by atoms with E-state index in [2.05, 4.69) is 445 Å². The SMILES string of the molecule is CCC[CH2][Sn]([CH2]CCC)([CH2]CCC)[c]1cccc(C)n1.Cc1cccc(-c2ccc(-c3ccccn3)nn2)n1.Clc1ccc(-c2ccccn2)nn1.[Pd].c1ccc(P(c2ccccc2)c2ccccc2)cc1.c1ccc(P(c2ccccc2)c2ccccc2)cc1.c1ccc(P(c2ccccc2)c2ccccc2)cc1.c1ccc(P(c2ccccc2)c2ccccc2)cc1. The van der Waals surface area contributed by atoms with Crippen LogP contribution >= 0.6 is 43.3 Å². The number of pyridine rings is 4. The molecule has 8 nitrogen and oxygen atoms in total. The van der Waals surface area contributed by atoms with Crippen molar-refractivity contribution in [1.82, 2.24) is 40.3 Å². The molecule has 18 aromatic rings. The summed E-state index contributed by atoms with van der Waals surface area (Å²) in [4.78, 5) is 17.8. The topological polar surface area (TPSA) is 103 Å². The fourth-order valence-electron chi connectivity index (χ4n) is 14.6. The Morgan fingerprint density at radius 1 is 0.217 bits per heavy atom. The second kappa shape index (κ2) is 55.7. The predicted molar refractivity (Wildman–Crippen MR) is 558 cm³/mol. The van der Waals surface area contributed by atoms with Gasteiger partial charge in [-0.2, -0.15) is 0 Å². The van der Waals surface area contributed by atoms with Crippen LogP contribution in [0.25, 0.3) is 34.2 Å². The van der Waals surface area contributed by atoms with E-state index >= 15 is 0 Å². The molecule has 0 aliphatic carbocycles. The second-order valence-corrected chi connectivity index (χ2v) is 52.6. The first-order chi connectivity index (χ1) is 63.2. The minimum atomic E-state index is -2.25. The average Bonchev–Trinajstić information content (AvgIpc) is 0.666. The molecule has 12 aromatic carbocycles. The molecule has 0 unspecified atom stereocenters. The number of nitrogens with zero attached hydrogens (tertiary/aromatic N) is 8. The van der Waals surface area contributed by atoms with Crippen LogP contribution in [0.3, 0.4) is 0 Å². The summed E-state index contributed by atoms with van der Waals surface area (Å²) >= 11 is 3.36. The molecule has 648 valence electrons. The summed E-state index contributed by atoms with van der Waals surface area (Å²) in [5, 5.41) is 33.2. The molecule has 0 saturated carbocycles. The van der Waals surface area contributed by atoms with Crippen LogP contribution in [-0.2, 0) is 20.4 Å². The summed E-state index contributed by atoms with van der Waals surface area (Å²) in [6, 6.07) is 161. The molecule has 18 rings (SSSR count). The number of hydrogen-bond donors (Lipinski definition) is 0. The molecule has 0 fully saturated rings. The Morgan fingerprint density at radius 2 is 0.434 bits per heavy atom. The van der Waals surface area contributed by atoms with Gasteiger partial charge in [-0.3, -0.25) is 15.0 Å². The standard InChI is InChI=1S/4C18H15P.C15H12N4.C9H6ClN3.C6H6N.3C4H9.Pd.Sn/c4*1-4-10-16(11-5-1)19(17-12-6-2-7-13-17)18-14-8-3-9-15-18;1-11-5-4-7-13(17-11)15-9-8-14(18-19-15)12-6-2-3-10-16-12;10-9-5-4-8(12-13-9)7-3-1-2-6-11-7;1-6-4-2-3-5-7-6;3*1-3-4-2;;/h4*1-15H;2-10H,1H3;1-6H;2-4H,1H3;3*1,3-4H2,2H3;;. The van der Waals surface area contributed by atoms with E-state index in [4.69, 9.17) is 16.6 Å². The summed E-state index contributed by atoms with van der Waals surface area (Å²) < 4.78 is 6.11. The van der Waals surface area contributed by atoms with Crippen LogP contribution in [0, 0.1) is 13.8 Å². The van der Waals surface area contributed by atoms with Crippen molar-refractivity contribution in [2.75, 3.05) is 0 Å². The third-order valence-electron chi connectivity index (χ3n) is 20.9. The first-order valence-corrected chi connectivity index (χ1v) is 57.2. The summed E-state index contributed by atoms with van der Waals surface area (Å²) in [6.07, 6.45) is 11.7. The molecule has 0 atom stereocenters. The molecule has 0 saturated heterocycles. The van der Waals surface area contributed by atoms with E-state index in [1.165, 1.54) is 121 Å². The van der Waals surface area contributed by atoms with Gasteiger partial charge in [0, 0.05) is 38.5 Å². The predicted octanol–water partition coefficient (Wildman–Crippen LogP) is 24.3. The Labute approximate surface area is 793 Å². The van der Waals surface area contributed by atoms with Crippen molar-refractivity contribution in [3.8, 4) is 34.2 Å². The maximum Gasteiger partial charge on any atom is 0.151 e. The van der Waals surface area contributed by atoms with Gasteiger partial charge in [0.05, 0.1) is 17.1 Å². The largest absolute Gasteiger partial charge is 0.255 e. The maximum atomic E-state index is 5.61. The molecule has 0 aliphatic rings. The fraction of sp³-hybridized carbons (Fsp3) is 0.123. The second-order valence-electron chi connectivity index (χ2n) is 30.3. The van der Waals surface area contributed by atoms with Gasteiger partial charge in [0.2, 0.25) is 0 Å². The maximum absolute atomic E-state index is 5.61. The molecule has 0 amide bonds. The molecule has 6 heterocycles. The van der Waals surface area contributed by atoms with Gasteiger partial charge in [0.1, 0.15) is 17.1 Å². The zero-order valence-electron chi connectivity index (χ0n) is 74.0. The van der Waals surface area contributed by atoms with E-state index in [-0.39, 0.29) is 20.4 Å². The van der Waals surface area contributed by atoms with Crippen LogP contribution in [0.15, 0.2) is 473 Å². The quantitative estimate of drug-likeness (QED) is 0.0412. The molecule has 6 aromatic heterocycles. The van der Waals surface area contributed by atoms with Gasteiger partial charge in [-0.25, -0.2) is 0 Å². The zero-order valence-corrected chi connectivity index (χ0v) is 82.7. The van der Waals surface area contributed by atoms with Crippen LogP contribution < -0.4 is 67.4 Å². The smallest absolute Gasteiger partial charge is 0.151 e. The number of hydrogen-bond acceptors (Lipinski definition) is 8. The van der Waals surface area contributed by atoms with E-state index in [0.29, 0.717) is 5.15 Å². The summed E-state index contributed by atoms with van der Waals surface area (Å²) in [5.74, 6) is 0. The zero-order chi connectivity index (χ0) is 88.7. The molecule has 0 radical (unpaired) electrons. The number of aryl methyl sites for hydroxylation is 2. The van der Waals surface area contributed by atoms with Crippen molar-refractivity contribution < 1.29 is 20.4 Å². The van der Waals surface area contributed by atoms with Crippen molar-refractivity contribution in [2.24, 2.45) is 0 Å². The van der Waals surface area contributed by atoms with Crippen molar-refractivity contribution in [3.05, 3.63) is 490 Å². The summed E-state index contributed by atoms with van der Waals surface area (Å²) in [7, 11) is -1.78. The van der Waals surface area contributed by atoms with Crippen molar-refractivity contribution >= 4 is 129 Å². The Balaban J connectivity index is 0.000000146. The Hall–Kier alpha value is -11.1. The first-order valence-electron chi connectivity index (χ1n) is 44.0. The number of unbranched alkanes of at least 4 members (excludes halogenated alkanes) is 3. The minimum absolute atomic E-state index is 0. The van der Waals surface area contributed by atoms with Crippen molar-refractivity contribution in [3.63, 3.8) is 0 Å². The fourth-order valence-corrected chi connectivity index (χ4v) is 39.6. The minimum Gasteiger partial charge on any atom is -0.255 e. The Morgan fingerprint density at radius 3 is 0.643 bits per heavy atom. The third-order valence-corrected chi connectivity index (χ3v) is 46.0. The number of halogens is 1. The van der Waals surface area contributed by atoms with E-state index in [9.17, 15) is 0 Å². The van der Waals surface area contributed by atoms with Crippen molar-refractivity contribution in [2.45, 2.75) is 86.5 Å². The van der Waals surface area contributed by atoms with Crippen LogP contribution in [-0.4, -0.2) is 58.7 Å². The van der Waals surface area contributed by atoms with Gasteiger partial charge in [-0.15, -0.1) is 20.4 Å².